The van der Waals surface area contributed by atoms with E-state index in [0.29, 0.717) is 6.67 Å². The average molecular weight is 856 g/mol. The normalized spacial score (nSPS) is 13.0. The van der Waals surface area contributed by atoms with Crippen molar-refractivity contribution in [3.05, 3.63) is 199 Å². The molecule has 318 valence electrons. The second-order valence-electron chi connectivity index (χ2n) is 18.0. The number of benzene rings is 7. The lowest BCUT2D eigenvalue weighted by Gasteiger charge is -2.26. The van der Waals surface area contributed by atoms with Crippen molar-refractivity contribution in [3.8, 4) is 17.3 Å². The molecule has 7 aromatic carbocycles. The molecule has 0 unspecified atom stereocenters. The lowest BCUT2D eigenvalue weighted by molar-refractivity contribution is 0.483. The minimum Gasteiger partial charge on any atom is -0.457 e. The SMILES string of the molecule is Cn1c2ccccc2c2cc3c4ccccc4n(C)c3c(N3CN(c4cccc(Oc5ccc6c7ncccc7n(-c7cc(C(C)(C)c8ccccc8)ccn7)c6c5)c4)c4ccccc43)c21. The highest BCUT2D eigenvalue weighted by Gasteiger charge is 2.33. The summed E-state index contributed by atoms with van der Waals surface area (Å²) in [5.74, 6) is 2.31. The van der Waals surface area contributed by atoms with Crippen LogP contribution >= 0.6 is 0 Å². The Balaban J connectivity index is 0.902. The summed E-state index contributed by atoms with van der Waals surface area (Å²) in [6, 6.07) is 62.5. The first-order valence-electron chi connectivity index (χ1n) is 22.5. The van der Waals surface area contributed by atoms with Gasteiger partial charge >= 0.3 is 0 Å². The fourth-order valence-corrected chi connectivity index (χ4v) is 10.8. The molecule has 0 N–H and O–H groups in total. The van der Waals surface area contributed by atoms with Gasteiger partial charge in [-0.2, -0.15) is 0 Å². The van der Waals surface area contributed by atoms with Crippen LogP contribution in [0.3, 0.4) is 0 Å². The van der Waals surface area contributed by atoms with E-state index in [2.05, 4.69) is 209 Å². The van der Waals surface area contributed by atoms with E-state index >= 15 is 0 Å². The Bertz CT molecular complexity index is 3820. The van der Waals surface area contributed by atoms with Crippen LogP contribution in [-0.2, 0) is 19.5 Å². The number of para-hydroxylation sites is 4. The van der Waals surface area contributed by atoms with Gasteiger partial charge < -0.3 is 23.7 Å². The van der Waals surface area contributed by atoms with E-state index < -0.39 is 0 Å². The van der Waals surface area contributed by atoms with Crippen molar-refractivity contribution in [2.75, 3.05) is 16.5 Å². The molecule has 0 saturated carbocycles. The Kier molecular flexibility index (Phi) is 8.28. The van der Waals surface area contributed by atoms with Gasteiger partial charge in [0.1, 0.15) is 24.0 Å². The number of hydrogen-bond donors (Lipinski definition) is 0. The van der Waals surface area contributed by atoms with E-state index in [0.717, 1.165) is 56.3 Å². The molecule has 0 amide bonds. The van der Waals surface area contributed by atoms with Crippen molar-refractivity contribution >= 4 is 88.3 Å². The van der Waals surface area contributed by atoms with Crippen molar-refractivity contribution in [2.24, 2.45) is 14.1 Å². The van der Waals surface area contributed by atoms with Gasteiger partial charge in [-0.1, -0.05) is 98.8 Å². The Morgan fingerprint density at radius 1 is 0.470 bits per heavy atom. The van der Waals surface area contributed by atoms with Gasteiger partial charge in [-0.3, -0.25) is 9.55 Å². The highest BCUT2D eigenvalue weighted by molar-refractivity contribution is 6.25. The van der Waals surface area contributed by atoms with Gasteiger partial charge in [-0.05, 0) is 90.0 Å². The molecule has 8 heteroatoms. The van der Waals surface area contributed by atoms with E-state index in [9.17, 15) is 0 Å². The van der Waals surface area contributed by atoms with Crippen LogP contribution in [0.25, 0.3) is 71.4 Å². The van der Waals surface area contributed by atoms with Crippen molar-refractivity contribution in [3.63, 3.8) is 0 Å². The number of aromatic nitrogens is 5. The Hall–Kier alpha value is -8.36. The summed E-state index contributed by atoms with van der Waals surface area (Å²) in [6.45, 7) is 5.15. The lowest BCUT2D eigenvalue weighted by atomic mass is 9.78. The molecular formula is C58H45N7O. The minimum absolute atomic E-state index is 0.228. The topological polar surface area (TPSA) is 56.3 Å². The van der Waals surface area contributed by atoms with Crippen LogP contribution < -0.4 is 14.5 Å². The summed E-state index contributed by atoms with van der Waals surface area (Å²) >= 11 is 0. The number of hydrogen-bond acceptors (Lipinski definition) is 5. The van der Waals surface area contributed by atoms with Gasteiger partial charge in [0.15, 0.2) is 0 Å². The van der Waals surface area contributed by atoms with E-state index in [1.165, 1.54) is 60.4 Å². The quantitative estimate of drug-likeness (QED) is 0.160. The summed E-state index contributed by atoms with van der Waals surface area (Å²) in [5.41, 5.74) is 14.5. The molecule has 0 saturated heterocycles. The van der Waals surface area contributed by atoms with Crippen LogP contribution in [0.5, 0.6) is 11.5 Å². The van der Waals surface area contributed by atoms with Crippen molar-refractivity contribution in [1.82, 2.24) is 23.7 Å². The fraction of sp³-hybridized carbons (Fsp3) is 0.103. The van der Waals surface area contributed by atoms with Gasteiger partial charge in [0.25, 0.3) is 0 Å². The van der Waals surface area contributed by atoms with E-state index in [1.54, 1.807) is 0 Å². The lowest BCUT2D eigenvalue weighted by Crippen LogP contribution is -2.25. The standard InChI is InChI=1S/C58H45N7O/c1-58(2,37-16-6-5-7-17-37)38-29-31-59-53(32-38)65-51-26-15-30-60-54(51)44-28-27-41(34-52(44)65)66-40-19-14-18-39(33-40)63-36-64(50-25-13-12-24-49(50)63)57-55-45(42-20-8-10-22-47(42)61(55)3)35-46-43-21-9-11-23-48(43)62(4)56(46)57/h5-35H,36H2,1-4H3. The van der Waals surface area contributed by atoms with Crippen molar-refractivity contribution in [1.29, 1.82) is 0 Å². The van der Waals surface area contributed by atoms with E-state index in [1.807, 2.05) is 30.6 Å². The molecule has 0 spiro atoms. The monoisotopic (exact) mass is 855 g/mol. The molecule has 0 bridgehead atoms. The Labute approximate surface area is 381 Å². The third-order valence-corrected chi connectivity index (χ3v) is 14.1. The van der Waals surface area contributed by atoms with Gasteiger partial charge in [-0.25, -0.2) is 4.98 Å². The average Bonchev–Trinajstić information content (AvgIpc) is 4.08. The highest BCUT2D eigenvalue weighted by atomic mass is 16.5. The third kappa shape index (κ3) is 5.57. The molecule has 1 aliphatic heterocycles. The van der Waals surface area contributed by atoms with Gasteiger partial charge in [-0.15, -0.1) is 0 Å². The van der Waals surface area contributed by atoms with Crippen LogP contribution in [-0.4, -0.2) is 30.3 Å². The number of rotatable bonds is 7. The molecular weight excluding hydrogens is 811 g/mol. The molecule has 12 aromatic rings. The van der Waals surface area contributed by atoms with Crippen LogP contribution in [0, 0.1) is 0 Å². The predicted octanol–water partition coefficient (Wildman–Crippen LogP) is 14.2. The molecule has 6 heterocycles. The number of aryl methyl sites for hydroxylation is 2. The highest BCUT2D eigenvalue weighted by Crippen LogP contribution is 2.51. The minimum atomic E-state index is -0.228. The molecule has 13 rings (SSSR count). The number of nitrogens with zero attached hydrogens (tertiary/aromatic N) is 7. The Morgan fingerprint density at radius 2 is 1.12 bits per heavy atom. The largest absolute Gasteiger partial charge is 0.457 e. The molecule has 0 radical (unpaired) electrons. The van der Waals surface area contributed by atoms with Gasteiger partial charge in [0.05, 0.1) is 44.6 Å². The zero-order valence-corrected chi connectivity index (χ0v) is 37.1. The van der Waals surface area contributed by atoms with Crippen LogP contribution in [0.1, 0.15) is 25.0 Å². The molecule has 0 aliphatic carbocycles. The first-order chi connectivity index (χ1) is 32.3. The molecule has 0 atom stereocenters. The maximum atomic E-state index is 6.82. The Morgan fingerprint density at radius 3 is 1.86 bits per heavy atom. The van der Waals surface area contributed by atoms with Crippen LogP contribution in [0.2, 0.25) is 0 Å². The summed E-state index contributed by atoms with van der Waals surface area (Å²) in [4.78, 5) is 14.7. The first kappa shape index (κ1) is 38.1. The molecule has 1 aliphatic rings. The van der Waals surface area contributed by atoms with E-state index in [-0.39, 0.29) is 5.41 Å². The number of anilines is 4. The number of pyridine rings is 2. The number of fused-ring (bicyclic) bond motifs is 10. The van der Waals surface area contributed by atoms with Gasteiger partial charge in [0, 0.05) is 87.7 Å². The molecule has 8 nitrogen and oxygen atoms in total. The summed E-state index contributed by atoms with van der Waals surface area (Å²) in [5, 5.41) is 6.06. The zero-order valence-electron chi connectivity index (χ0n) is 37.1. The van der Waals surface area contributed by atoms with Crippen molar-refractivity contribution in [2.45, 2.75) is 19.3 Å². The second kappa shape index (κ2) is 14.3. The van der Waals surface area contributed by atoms with Crippen LogP contribution in [0.15, 0.2) is 188 Å². The predicted molar refractivity (Wildman–Crippen MR) is 271 cm³/mol. The zero-order chi connectivity index (χ0) is 44.3. The molecule has 5 aromatic heterocycles. The summed E-state index contributed by atoms with van der Waals surface area (Å²) < 4.78 is 13.8. The first-order valence-corrected chi connectivity index (χ1v) is 22.5. The van der Waals surface area contributed by atoms with Gasteiger partial charge in [0.2, 0.25) is 0 Å². The number of ether oxygens (including phenoxy) is 1. The third-order valence-electron chi connectivity index (χ3n) is 14.1. The van der Waals surface area contributed by atoms with Crippen LogP contribution in [0.4, 0.5) is 22.7 Å². The van der Waals surface area contributed by atoms with E-state index in [4.69, 9.17) is 14.7 Å². The smallest absolute Gasteiger partial charge is 0.137 e. The summed E-state index contributed by atoms with van der Waals surface area (Å²) in [6.07, 6.45) is 3.77. The second-order valence-corrected chi connectivity index (χ2v) is 18.0. The maximum absolute atomic E-state index is 6.82. The summed E-state index contributed by atoms with van der Waals surface area (Å²) in [7, 11) is 4.41. The molecule has 66 heavy (non-hydrogen) atoms. The molecule has 0 fully saturated rings. The fourth-order valence-electron chi connectivity index (χ4n) is 10.8. The van der Waals surface area contributed by atoms with Crippen molar-refractivity contribution < 1.29 is 4.74 Å². The maximum Gasteiger partial charge on any atom is 0.137 e.